The summed E-state index contributed by atoms with van der Waals surface area (Å²) < 4.78 is 11.1. The molecule has 0 aliphatic carbocycles. The second-order valence-electron chi connectivity index (χ2n) is 7.07. The Hall–Kier alpha value is -2.80. The summed E-state index contributed by atoms with van der Waals surface area (Å²) in [6.07, 6.45) is 4.90. The van der Waals surface area contributed by atoms with Crippen molar-refractivity contribution in [2.75, 3.05) is 24.6 Å². The van der Waals surface area contributed by atoms with E-state index in [1.54, 1.807) is 0 Å². The van der Waals surface area contributed by atoms with Gasteiger partial charge in [-0.3, -0.25) is 4.79 Å². The number of nitrogens with zero attached hydrogens (tertiary/aromatic N) is 2. The molecule has 1 atom stereocenters. The molecule has 1 aliphatic heterocycles. The van der Waals surface area contributed by atoms with Crippen LogP contribution >= 0.6 is 0 Å². The van der Waals surface area contributed by atoms with Crippen molar-refractivity contribution in [3.63, 3.8) is 0 Å². The molecule has 29 heavy (non-hydrogen) atoms. The van der Waals surface area contributed by atoms with Crippen molar-refractivity contribution in [3.8, 4) is 5.75 Å². The van der Waals surface area contributed by atoms with E-state index in [2.05, 4.69) is 15.4 Å². The molecule has 1 aliphatic rings. The number of piperidine rings is 1. The van der Waals surface area contributed by atoms with Crippen molar-refractivity contribution in [2.24, 2.45) is 5.10 Å². The van der Waals surface area contributed by atoms with Gasteiger partial charge in [0.15, 0.2) is 5.88 Å². The van der Waals surface area contributed by atoms with E-state index < -0.39 is 6.10 Å². The van der Waals surface area contributed by atoms with Gasteiger partial charge in [0.05, 0.1) is 18.9 Å². The van der Waals surface area contributed by atoms with E-state index in [0.29, 0.717) is 18.8 Å². The molecule has 2 aromatic rings. The average Bonchev–Trinajstić information content (AvgIpc) is 3.22. The van der Waals surface area contributed by atoms with Crippen molar-refractivity contribution in [1.82, 2.24) is 5.43 Å². The molecule has 0 bridgehead atoms. The number of aliphatic hydroxyl groups excluding tert-OH is 1. The van der Waals surface area contributed by atoms with Gasteiger partial charge in [0.1, 0.15) is 11.5 Å². The molecule has 156 valence electrons. The lowest BCUT2D eigenvalue weighted by Crippen LogP contribution is -2.28. The number of hydrogen-bond acceptors (Lipinski definition) is 6. The zero-order valence-electron chi connectivity index (χ0n) is 16.8. The second kappa shape index (κ2) is 10.7. The normalized spacial score (nSPS) is 15.4. The maximum absolute atomic E-state index is 12.0. The predicted molar refractivity (Wildman–Crippen MR) is 112 cm³/mol. The highest BCUT2D eigenvalue weighted by Gasteiger charge is 2.14. The summed E-state index contributed by atoms with van der Waals surface area (Å²) in [5.74, 6) is 1.95. The molecule has 7 heteroatoms. The fraction of sp³-hybridized carbons (Fsp3) is 0.455. The molecule has 0 unspecified atom stereocenters. The summed E-state index contributed by atoms with van der Waals surface area (Å²) in [6, 6.07) is 11.0. The number of benzene rings is 1. The molecular weight excluding hydrogens is 370 g/mol. The number of hydrogen-bond donors (Lipinski definition) is 2. The van der Waals surface area contributed by atoms with Crippen molar-refractivity contribution >= 4 is 18.0 Å². The highest BCUT2D eigenvalue weighted by molar-refractivity contribution is 5.80. The van der Waals surface area contributed by atoms with Crippen LogP contribution in [0.5, 0.6) is 5.75 Å². The number of furan rings is 1. The summed E-state index contributed by atoms with van der Waals surface area (Å²) in [7, 11) is 0. The van der Waals surface area contributed by atoms with Crippen LogP contribution in [0, 0.1) is 0 Å². The number of hydrazone groups is 1. The first-order chi connectivity index (χ1) is 14.2. The van der Waals surface area contributed by atoms with Gasteiger partial charge in [-0.1, -0.05) is 12.1 Å². The summed E-state index contributed by atoms with van der Waals surface area (Å²) in [6.45, 7) is 4.54. The Balaban J connectivity index is 1.40. The first-order valence-corrected chi connectivity index (χ1v) is 10.2. The standard InChI is InChI=1S/C22H29N3O4/c1-2-28-18-8-6-17(7-9-18)20(26)11-12-21(27)24-23-16-19-10-13-22(29-19)25-14-4-3-5-15-25/h6-10,13,16,20,26H,2-5,11-12,14-15H2,1H3,(H,24,27)/b23-16-/t20-/m1/s1. The van der Waals surface area contributed by atoms with Crippen LogP contribution in [0.15, 0.2) is 45.9 Å². The third-order valence-electron chi connectivity index (χ3n) is 4.88. The van der Waals surface area contributed by atoms with Crippen LogP contribution in [-0.4, -0.2) is 36.9 Å². The van der Waals surface area contributed by atoms with Crippen LogP contribution in [0.4, 0.5) is 5.88 Å². The number of rotatable bonds is 9. The van der Waals surface area contributed by atoms with Gasteiger partial charge in [0.2, 0.25) is 5.91 Å². The largest absolute Gasteiger partial charge is 0.494 e. The van der Waals surface area contributed by atoms with Gasteiger partial charge in [-0.15, -0.1) is 0 Å². The summed E-state index contributed by atoms with van der Waals surface area (Å²) >= 11 is 0. The molecule has 2 heterocycles. The van der Waals surface area contributed by atoms with Crippen LogP contribution < -0.4 is 15.1 Å². The highest BCUT2D eigenvalue weighted by Crippen LogP contribution is 2.22. The number of nitrogens with one attached hydrogen (secondary N) is 1. The van der Waals surface area contributed by atoms with Gasteiger partial charge in [0, 0.05) is 25.6 Å². The Bertz CT molecular complexity index is 795. The number of anilines is 1. The molecule has 3 rings (SSSR count). The first kappa shape index (κ1) is 20.9. The SMILES string of the molecule is CCOc1ccc([C@H](O)CCC(=O)N/N=C\c2ccc(N3CCCCC3)o2)cc1. The number of amides is 1. The van der Waals surface area contributed by atoms with E-state index in [1.165, 1.54) is 25.5 Å². The first-order valence-electron chi connectivity index (χ1n) is 10.2. The number of carbonyl (C=O) groups is 1. The van der Waals surface area contributed by atoms with Gasteiger partial charge < -0.3 is 19.2 Å². The van der Waals surface area contributed by atoms with Gasteiger partial charge in [-0.05, 0) is 56.4 Å². The topological polar surface area (TPSA) is 87.3 Å². The van der Waals surface area contributed by atoms with E-state index in [9.17, 15) is 9.90 Å². The smallest absolute Gasteiger partial charge is 0.240 e. The van der Waals surface area contributed by atoms with E-state index in [-0.39, 0.29) is 12.3 Å². The Labute approximate surface area is 171 Å². The Morgan fingerprint density at radius 2 is 2.00 bits per heavy atom. The minimum absolute atomic E-state index is 0.170. The zero-order chi connectivity index (χ0) is 20.5. The minimum Gasteiger partial charge on any atom is -0.494 e. The Morgan fingerprint density at radius 1 is 1.24 bits per heavy atom. The molecule has 7 nitrogen and oxygen atoms in total. The molecular formula is C22H29N3O4. The van der Waals surface area contributed by atoms with Crippen molar-refractivity contribution in [3.05, 3.63) is 47.7 Å². The quantitative estimate of drug-likeness (QED) is 0.497. The number of carbonyl (C=O) groups excluding carboxylic acids is 1. The lowest BCUT2D eigenvalue weighted by atomic mass is 10.0. The molecule has 0 saturated carbocycles. The fourth-order valence-electron chi connectivity index (χ4n) is 3.31. The second-order valence-corrected chi connectivity index (χ2v) is 7.07. The van der Waals surface area contributed by atoms with E-state index >= 15 is 0 Å². The minimum atomic E-state index is -0.711. The summed E-state index contributed by atoms with van der Waals surface area (Å²) in [5, 5.41) is 14.2. The molecule has 1 aromatic carbocycles. The van der Waals surface area contributed by atoms with Crippen LogP contribution in [0.2, 0.25) is 0 Å². The number of aliphatic hydroxyl groups is 1. The fourth-order valence-corrected chi connectivity index (χ4v) is 3.31. The van der Waals surface area contributed by atoms with Crippen LogP contribution in [0.3, 0.4) is 0 Å². The van der Waals surface area contributed by atoms with E-state index in [0.717, 1.165) is 30.3 Å². The van der Waals surface area contributed by atoms with Crippen LogP contribution in [-0.2, 0) is 4.79 Å². The molecule has 0 radical (unpaired) electrons. The molecule has 1 fully saturated rings. The maximum Gasteiger partial charge on any atom is 0.240 e. The molecule has 2 N–H and O–H groups in total. The molecule has 1 saturated heterocycles. The molecule has 0 spiro atoms. The molecule has 1 aromatic heterocycles. The number of ether oxygens (including phenoxy) is 1. The van der Waals surface area contributed by atoms with Gasteiger partial charge in [0.25, 0.3) is 0 Å². The Kier molecular flexibility index (Phi) is 7.69. The zero-order valence-corrected chi connectivity index (χ0v) is 16.8. The van der Waals surface area contributed by atoms with E-state index in [1.807, 2.05) is 43.3 Å². The lowest BCUT2D eigenvalue weighted by molar-refractivity contribution is -0.121. The predicted octanol–water partition coefficient (Wildman–Crippen LogP) is 3.63. The van der Waals surface area contributed by atoms with Crippen LogP contribution in [0.1, 0.15) is 56.5 Å². The van der Waals surface area contributed by atoms with Crippen molar-refractivity contribution in [2.45, 2.75) is 45.1 Å². The molecule has 1 amide bonds. The van der Waals surface area contributed by atoms with Crippen LogP contribution in [0.25, 0.3) is 0 Å². The summed E-state index contributed by atoms with van der Waals surface area (Å²) in [5.41, 5.74) is 3.23. The van der Waals surface area contributed by atoms with Gasteiger partial charge in [-0.2, -0.15) is 5.10 Å². The highest BCUT2D eigenvalue weighted by atomic mass is 16.5. The average molecular weight is 399 g/mol. The van der Waals surface area contributed by atoms with E-state index in [4.69, 9.17) is 9.15 Å². The van der Waals surface area contributed by atoms with Gasteiger partial charge in [-0.25, -0.2) is 5.43 Å². The van der Waals surface area contributed by atoms with Crippen molar-refractivity contribution in [1.29, 1.82) is 0 Å². The third-order valence-corrected chi connectivity index (χ3v) is 4.88. The maximum atomic E-state index is 12.0. The lowest BCUT2D eigenvalue weighted by Gasteiger charge is -2.25. The third kappa shape index (κ3) is 6.35. The Morgan fingerprint density at radius 3 is 2.72 bits per heavy atom. The monoisotopic (exact) mass is 399 g/mol. The van der Waals surface area contributed by atoms with Gasteiger partial charge >= 0.3 is 0 Å². The summed E-state index contributed by atoms with van der Waals surface area (Å²) in [4.78, 5) is 14.2. The van der Waals surface area contributed by atoms with Crippen molar-refractivity contribution < 1.29 is 19.1 Å².